The van der Waals surface area contributed by atoms with E-state index in [0.717, 1.165) is 50.1 Å². The SMILES string of the molecule is c1ccc(-c2ccc(N(c3ccc4c(c3)C(c3ccccc3)(c3ccccc3)c3ccccc3-4)c3ccc4oc5c(-c6ccc7c8ccccc8c8ccccc8c7c6)c6ccccc6cc5c4c3)cc2)cc1. The van der Waals surface area contributed by atoms with Crippen molar-refractivity contribution in [3.05, 3.63) is 295 Å². The van der Waals surface area contributed by atoms with Crippen molar-refractivity contribution in [2.24, 2.45) is 0 Å². The molecule has 13 aromatic carbocycles. The molecule has 1 heterocycles. The van der Waals surface area contributed by atoms with E-state index in [2.05, 4.69) is 278 Å². The molecule has 15 rings (SSSR count). The molecular weight excluding hydrogens is 883 g/mol. The lowest BCUT2D eigenvalue weighted by molar-refractivity contribution is 0.670. The minimum atomic E-state index is -0.544. The molecule has 1 aliphatic carbocycles. The molecule has 0 spiro atoms. The number of fused-ring (bicyclic) bond motifs is 13. The third-order valence-corrected chi connectivity index (χ3v) is 15.7. The predicted octanol–water partition coefficient (Wildman–Crippen LogP) is 19.4. The highest BCUT2D eigenvalue weighted by Crippen LogP contribution is 2.57. The van der Waals surface area contributed by atoms with Gasteiger partial charge < -0.3 is 9.32 Å². The number of hydrogen-bond acceptors (Lipinski definition) is 2. The van der Waals surface area contributed by atoms with E-state index in [4.69, 9.17) is 4.42 Å². The van der Waals surface area contributed by atoms with Crippen molar-refractivity contribution >= 4 is 82.1 Å². The Bertz CT molecular complexity index is 4400. The summed E-state index contributed by atoms with van der Waals surface area (Å²) >= 11 is 0. The third-order valence-electron chi connectivity index (χ3n) is 15.7. The van der Waals surface area contributed by atoms with Crippen LogP contribution in [0.15, 0.2) is 277 Å². The van der Waals surface area contributed by atoms with E-state index in [-0.39, 0.29) is 0 Å². The Balaban J connectivity index is 0.961. The fourth-order valence-electron chi connectivity index (χ4n) is 12.5. The van der Waals surface area contributed by atoms with Gasteiger partial charge >= 0.3 is 0 Å². The molecule has 0 bridgehead atoms. The molecule has 0 aliphatic heterocycles. The zero-order valence-electron chi connectivity index (χ0n) is 39.8. The molecule has 0 amide bonds. The summed E-state index contributed by atoms with van der Waals surface area (Å²) in [5.74, 6) is 0. The lowest BCUT2D eigenvalue weighted by Gasteiger charge is -2.35. The number of furan rings is 1. The fraction of sp³-hybridized carbons (Fsp3) is 0.0141. The summed E-state index contributed by atoms with van der Waals surface area (Å²) in [6.45, 7) is 0. The maximum atomic E-state index is 7.13. The summed E-state index contributed by atoms with van der Waals surface area (Å²) in [5.41, 5.74) is 16.5. The molecule has 73 heavy (non-hydrogen) atoms. The van der Waals surface area contributed by atoms with Crippen LogP contribution in [-0.4, -0.2) is 0 Å². The molecule has 0 atom stereocenters. The second-order valence-electron chi connectivity index (χ2n) is 19.5. The Labute approximate surface area is 423 Å². The van der Waals surface area contributed by atoms with E-state index in [1.54, 1.807) is 0 Å². The van der Waals surface area contributed by atoms with E-state index in [1.807, 2.05) is 0 Å². The molecule has 0 fully saturated rings. The van der Waals surface area contributed by atoms with Crippen LogP contribution in [0.4, 0.5) is 17.1 Å². The number of benzene rings is 13. The van der Waals surface area contributed by atoms with E-state index in [9.17, 15) is 0 Å². The second-order valence-corrected chi connectivity index (χ2v) is 19.5. The quantitative estimate of drug-likeness (QED) is 0.148. The molecule has 0 radical (unpaired) electrons. The molecule has 0 saturated carbocycles. The smallest absolute Gasteiger partial charge is 0.143 e. The summed E-state index contributed by atoms with van der Waals surface area (Å²) in [5, 5.41) is 12.0. The largest absolute Gasteiger partial charge is 0.455 e. The summed E-state index contributed by atoms with van der Waals surface area (Å²) in [6, 6.07) is 100. The van der Waals surface area contributed by atoms with Crippen LogP contribution >= 0.6 is 0 Å². The lowest BCUT2D eigenvalue weighted by atomic mass is 9.67. The van der Waals surface area contributed by atoms with Crippen LogP contribution in [0.25, 0.3) is 98.4 Å². The van der Waals surface area contributed by atoms with Gasteiger partial charge in [-0.2, -0.15) is 0 Å². The van der Waals surface area contributed by atoms with Gasteiger partial charge in [-0.3, -0.25) is 0 Å². The van der Waals surface area contributed by atoms with Gasteiger partial charge in [0.2, 0.25) is 0 Å². The molecule has 14 aromatic rings. The van der Waals surface area contributed by atoms with Gasteiger partial charge in [0, 0.05) is 33.4 Å². The average Bonchev–Trinajstić information content (AvgIpc) is 3.98. The maximum absolute atomic E-state index is 7.13. The Morgan fingerprint density at radius 3 is 1.49 bits per heavy atom. The molecule has 340 valence electrons. The van der Waals surface area contributed by atoms with Crippen molar-refractivity contribution in [1.82, 2.24) is 0 Å². The highest BCUT2D eigenvalue weighted by atomic mass is 16.3. The Morgan fingerprint density at radius 2 is 0.795 bits per heavy atom. The maximum Gasteiger partial charge on any atom is 0.143 e. The van der Waals surface area contributed by atoms with Gasteiger partial charge in [-0.1, -0.05) is 218 Å². The van der Waals surface area contributed by atoms with Gasteiger partial charge in [-0.25, -0.2) is 0 Å². The fourth-order valence-corrected chi connectivity index (χ4v) is 12.5. The van der Waals surface area contributed by atoms with Gasteiger partial charge in [0.05, 0.1) is 5.41 Å². The van der Waals surface area contributed by atoms with Crippen LogP contribution in [0.2, 0.25) is 0 Å². The van der Waals surface area contributed by atoms with E-state index < -0.39 is 5.41 Å². The highest BCUT2D eigenvalue weighted by Gasteiger charge is 2.46. The normalized spacial score (nSPS) is 12.8. The van der Waals surface area contributed by atoms with Crippen LogP contribution in [0.3, 0.4) is 0 Å². The molecule has 0 saturated heterocycles. The van der Waals surface area contributed by atoms with Crippen molar-refractivity contribution in [3.8, 4) is 33.4 Å². The first-order chi connectivity index (χ1) is 36.2. The van der Waals surface area contributed by atoms with Gasteiger partial charge in [0.1, 0.15) is 11.2 Å². The summed E-state index contributed by atoms with van der Waals surface area (Å²) in [6.07, 6.45) is 0. The Morgan fingerprint density at radius 1 is 0.288 bits per heavy atom. The molecule has 0 unspecified atom stereocenters. The first kappa shape index (κ1) is 41.3. The molecular formula is C71H45NO. The molecule has 2 heteroatoms. The zero-order valence-corrected chi connectivity index (χ0v) is 39.8. The Hall–Kier alpha value is -9.50. The van der Waals surface area contributed by atoms with Crippen molar-refractivity contribution in [1.29, 1.82) is 0 Å². The first-order valence-electron chi connectivity index (χ1n) is 25.2. The lowest BCUT2D eigenvalue weighted by Crippen LogP contribution is -2.28. The van der Waals surface area contributed by atoms with Gasteiger partial charge in [0.15, 0.2) is 0 Å². The summed E-state index contributed by atoms with van der Waals surface area (Å²) < 4.78 is 7.13. The van der Waals surface area contributed by atoms with E-state index in [1.165, 1.54) is 87.6 Å². The average molecular weight is 928 g/mol. The molecule has 2 nitrogen and oxygen atoms in total. The minimum absolute atomic E-state index is 0.544. The number of hydrogen-bond donors (Lipinski definition) is 0. The van der Waals surface area contributed by atoms with Crippen LogP contribution in [-0.2, 0) is 5.41 Å². The van der Waals surface area contributed by atoms with Crippen LogP contribution in [0.5, 0.6) is 0 Å². The summed E-state index contributed by atoms with van der Waals surface area (Å²) in [4.78, 5) is 2.43. The Kier molecular flexibility index (Phi) is 9.21. The molecule has 0 N–H and O–H groups in total. The van der Waals surface area contributed by atoms with Crippen molar-refractivity contribution in [2.45, 2.75) is 5.41 Å². The third kappa shape index (κ3) is 6.24. The number of anilines is 3. The molecule has 1 aliphatic rings. The van der Waals surface area contributed by atoms with Gasteiger partial charge in [-0.05, 0) is 148 Å². The topological polar surface area (TPSA) is 16.4 Å². The number of nitrogens with zero attached hydrogens (tertiary/aromatic N) is 1. The standard InChI is InChI=1S/C71H45NO/c1-4-18-46(19-5-1)47-32-35-52(36-33-47)72(54-37-40-62-61-30-16-17-31-66(61)71(67(62)45-54,50-21-6-2-7-22-50)51-23-8-3-9-24-51)53-38-41-68-64(44-53)65-42-48-20-10-11-25-55(48)69(70(65)73-68)49-34-39-60-58-28-13-12-26-56(58)57-27-14-15-29-59(57)63(60)43-49/h1-45H. The highest BCUT2D eigenvalue weighted by molar-refractivity contribution is 6.27. The van der Waals surface area contributed by atoms with Crippen LogP contribution in [0, 0.1) is 0 Å². The van der Waals surface area contributed by atoms with Crippen molar-refractivity contribution in [2.75, 3.05) is 4.90 Å². The van der Waals surface area contributed by atoms with E-state index >= 15 is 0 Å². The second kappa shape index (κ2) is 16.3. The van der Waals surface area contributed by atoms with Gasteiger partial charge in [0.25, 0.3) is 0 Å². The predicted molar refractivity (Wildman–Crippen MR) is 307 cm³/mol. The minimum Gasteiger partial charge on any atom is -0.455 e. The van der Waals surface area contributed by atoms with Crippen molar-refractivity contribution < 1.29 is 4.42 Å². The van der Waals surface area contributed by atoms with Crippen LogP contribution < -0.4 is 4.90 Å². The van der Waals surface area contributed by atoms with Crippen molar-refractivity contribution in [3.63, 3.8) is 0 Å². The van der Waals surface area contributed by atoms with Gasteiger partial charge in [-0.15, -0.1) is 0 Å². The summed E-state index contributed by atoms with van der Waals surface area (Å²) in [7, 11) is 0. The van der Waals surface area contributed by atoms with E-state index in [0.29, 0.717) is 0 Å². The van der Waals surface area contributed by atoms with Crippen LogP contribution in [0.1, 0.15) is 22.3 Å². The molecule has 1 aromatic heterocycles. The number of rotatable bonds is 7. The zero-order chi connectivity index (χ0) is 48.0. The first-order valence-corrected chi connectivity index (χ1v) is 25.2. The monoisotopic (exact) mass is 927 g/mol.